The molecule has 1 aromatic rings. The number of hydrogen-bond acceptors (Lipinski definition) is 5. The number of carbonyl (C=O) groups is 1. The highest BCUT2D eigenvalue weighted by atomic mass is 32.2. The molecule has 0 radical (unpaired) electrons. The van der Waals surface area contributed by atoms with Gasteiger partial charge in [-0.1, -0.05) is 56.9 Å². The van der Waals surface area contributed by atoms with Crippen LogP contribution in [0.4, 0.5) is 0 Å². The Balaban J connectivity index is 1.74. The van der Waals surface area contributed by atoms with Gasteiger partial charge in [-0.25, -0.2) is 0 Å². The van der Waals surface area contributed by atoms with Gasteiger partial charge in [0.15, 0.2) is 5.17 Å². The number of hydrogen-bond donors (Lipinski definition) is 1. The van der Waals surface area contributed by atoms with Crippen molar-refractivity contribution in [3.8, 4) is 0 Å². The molecule has 1 unspecified atom stereocenters. The van der Waals surface area contributed by atoms with Gasteiger partial charge in [0.25, 0.3) is 0 Å². The first kappa shape index (κ1) is 16.2. The first-order valence-corrected chi connectivity index (χ1v) is 9.17. The summed E-state index contributed by atoms with van der Waals surface area (Å²) in [5.41, 5.74) is 0. The highest BCUT2D eigenvalue weighted by Crippen LogP contribution is 2.24. The Kier molecular flexibility index (Phi) is 6.95. The number of thiophene rings is 1. The topological polar surface area (TPSA) is 53.8 Å². The second-order valence-corrected chi connectivity index (χ2v) is 7.13. The maximum atomic E-state index is 11.8. The van der Waals surface area contributed by atoms with Crippen LogP contribution in [0.3, 0.4) is 0 Å². The standard InChI is InChI=1S/C15H21N3OS2/c1-2-3-4-5-6-9-13-14(19)17-15(21-13)18-16-11-12-8-7-10-20-12/h7-8,10-11,13H,2-6,9H2,1H3,(H,17,18,19)/b16-11+. The number of rotatable bonds is 8. The van der Waals surface area contributed by atoms with Crippen molar-refractivity contribution in [2.75, 3.05) is 0 Å². The molecule has 114 valence electrons. The number of carbonyl (C=O) groups excluding carboxylic acids is 1. The van der Waals surface area contributed by atoms with Crippen molar-refractivity contribution < 1.29 is 4.79 Å². The molecular formula is C15H21N3OS2. The van der Waals surface area contributed by atoms with Gasteiger partial charge in [0.05, 0.1) is 11.5 Å². The van der Waals surface area contributed by atoms with Gasteiger partial charge in [-0.3, -0.25) is 4.79 Å². The van der Waals surface area contributed by atoms with E-state index in [9.17, 15) is 4.79 Å². The molecule has 1 atom stereocenters. The summed E-state index contributed by atoms with van der Waals surface area (Å²) in [6.45, 7) is 2.21. The molecule has 1 fully saturated rings. The Labute approximate surface area is 134 Å². The van der Waals surface area contributed by atoms with E-state index in [1.54, 1.807) is 17.6 Å². The smallest absolute Gasteiger partial charge is 0.239 e. The lowest BCUT2D eigenvalue weighted by molar-refractivity contribution is -0.118. The predicted molar refractivity (Wildman–Crippen MR) is 92.2 cm³/mol. The van der Waals surface area contributed by atoms with E-state index >= 15 is 0 Å². The zero-order valence-electron chi connectivity index (χ0n) is 12.2. The van der Waals surface area contributed by atoms with Crippen molar-refractivity contribution in [1.29, 1.82) is 0 Å². The van der Waals surface area contributed by atoms with E-state index in [1.165, 1.54) is 37.4 Å². The largest absolute Gasteiger partial charge is 0.303 e. The van der Waals surface area contributed by atoms with Crippen LogP contribution in [0.2, 0.25) is 0 Å². The number of nitrogens with zero attached hydrogens (tertiary/aromatic N) is 2. The van der Waals surface area contributed by atoms with Crippen molar-refractivity contribution in [1.82, 2.24) is 5.32 Å². The van der Waals surface area contributed by atoms with Gasteiger partial charge >= 0.3 is 0 Å². The number of nitrogens with one attached hydrogen (secondary N) is 1. The molecule has 21 heavy (non-hydrogen) atoms. The lowest BCUT2D eigenvalue weighted by Gasteiger charge is -2.04. The number of amidine groups is 1. The number of thioether (sulfide) groups is 1. The van der Waals surface area contributed by atoms with E-state index < -0.39 is 0 Å². The Morgan fingerprint density at radius 1 is 1.33 bits per heavy atom. The summed E-state index contributed by atoms with van der Waals surface area (Å²) in [6, 6.07) is 3.95. The first-order valence-electron chi connectivity index (χ1n) is 7.41. The minimum atomic E-state index is 0.00214. The number of amides is 1. The fraction of sp³-hybridized carbons (Fsp3) is 0.533. The van der Waals surface area contributed by atoms with E-state index in [2.05, 4.69) is 22.4 Å². The molecule has 1 N–H and O–H groups in total. The normalized spacial score (nSPS) is 20.5. The Morgan fingerprint density at radius 3 is 2.95 bits per heavy atom. The van der Waals surface area contributed by atoms with Crippen LogP contribution >= 0.6 is 23.1 Å². The van der Waals surface area contributed by atoms with Crippen molar-refractivity contribution >= 4 is 40.4 Å². The molecule has 0 saturated carbocycles. The highest BCUT2D eigenvalue weighted by Gasteiger charge is 2.29. The van der Waals surface area contributed by atoms with Crippen molar-refractivity contribution in [2.24, 2.45) is 10.2 Å². The van der Waals surface area contributed by atoms with E-state index in [1.807, 2.05) is 17.5 Å². The molecule has 6 heteroatoms. The van der Waals surface area contributed by atoms with Gasteiger partial charge in [0.1, 0.15) is 0 Å². The third-order valence-electron chi connectivity index (χ3n) is 3.22. The van der Waals surface area contributed by atoms with Gasteiger partial charge in [0.2, 0.25) is 5.91 Å². The van der Waals surface area contributed by atoms with Crippen LogP contribution < -0.4 is 5.32 Å². The number of unbranched alkanes of at least 4 members (excludes halogenated alkanes) is 4. The van der Waals surface area contributed by atoms with E-state index in [4.69, 9.17) is 0 Å². The maximum Gasteiger partial charge on any atom is 0.239 e. The quantitative estimate of drug-likeness (QED) is 0.446. The fourth-order valence-electron chi connectivity index (χ4n) is 2.08. The van der Waals surface area contributed by atoms with E-state index in [-0.39, 0.29) is 11.2 Å². The summed E-state index contributed by atoms with van der Waals surface area (Å²) in [6.07, 6.45) is 8.75. The average Bonchev–Trinajstić information content (AvgIpc) is 3.09. The minimum absolute atomic E-state index is 0.00214. The third kappa shape index (κ3) is 5.63. The molecule has 0 aromatic carbocycles. The summed E-state index contributed by atoms with van der Waals surface area (Å²) < 4.78 is 0. The Morgan fingerprint density at radius 2 is 2.19 bits per heavy atom. The molecular weight excluding hydrogens is 302 g/mol. The maximum absolute atomic E-state index is 11.8. The predicted octanol–water partition coefficient (Wildman–Crippen LogP) is 4.03. The molecule has 1 aromatic heterocycles. The van der Waals surface area contributed by atoms with Gasteiger partial charge < -0.3 is 5.32 Å². The monoisotopic (exact) mass is 323 g/mol. The van der Waals surface area contributed by atoms with Crippen molar-refractivity contribution in [2.45, 2.75) is 50.7 Å². The van der Waals surface area contributed by atoms with Gasteiger partial charge in [0, 0.05) is 4.88 Å². The summed E-state index contributed by atoms with van der Waals surface area (Å²) in [5.74, 6) is 0.0700. The molecule has 2 rings (SSSR count). The van der Waals surface area contributed by atoms with Crippen LogP contribution in [0.1, 0.15) is 50.3 Å². The van der Waals surface area contributed by atoms with Crippen LogP contribution in [0.25, 0.3) is 0 Å². The molecule has 0 spiro atoms. The molecule has 0 bridgehead atoms. The summed E-state index contributed by atoms with van der Waals surface area (Å²) in [7, 11) is 0. The Bertz CT molecular complexity index is 497. The van der Waals surface area contributed by atoms with Crippen molar-refractivity contribution in [3.63, 3.8) is 0 Å². The third-order valence-corrected chi connectivity index (χ3v) is 5.17. The van der Waals surface area contributed by atoms with Gasteiger partial charge in [-0.15, -0.1) is 16.4 Å². The second-order valence-electron chi connectivity index (χ2n) is 4.96. The molecule has 1 saturated heterocycles. The SMILES string of the molecule is CCCCCCCC1S/C(=N/N=C/c2cccs2)NC1=O. The molecule has 2 heterocycles. The van der Waals surface area contributed by atoms with Gasteiger partial charge in [-0.2, -0.15) is 5.10 Å². The van der Waals surface area contributed by atoms with Crippen molar-refractivity contribution in [3.05, 3.63) is 22.4 Å². The first-order chi connectivity index (χ1) is 10.3. The zero-order chi connectivity index (χ0) is 14.9. The molecule has 4 nitrogen and oxygen atoms in total. The van der Waals surface area contributed by atoms with Crippen LogP contribution in [0, 0.1) is 0 Å². The molecule has 0 aliphatic carbocycles. The zero-order valence-corrected chi connectivity index (χ0v) is 13.9. The van der Waals surface area contributed by atoms with Crippen LogP contribution in [0.5, 0.6) is 0 Å². The highest BCUT2D eigenvalue weighted by molar-refractivity contribution is 8.15. The Hall–Kier alpha value is -1.14. The average molecular weight is 323 g/mol. The van der Waals surface area contributed by atoms with Crippen LogP contribution in [0.15, 0.2) is 27.7 Å². The summed E-state index contributed by atoms with van der Waals surface area (Å²) in [4.78, 5) is 12.9. The molecule has 1 aliphatic rings. The molecule has 1 aliphatic heterocycles. The van der Waals surface area contributed by atoms with Gasteiger partial charge in [-0.05, 0) is 17.9 Å². The lowest BCUT2D eigenvalue weighted by atomic mass is 10.1. The summed E-state index contributed by atoms with van der Waals surface area (Å²) >= 11 is 3.11. The van der Waals surface area contributed by atoms with Crippen LogP contribution in [-0.2, 0) is 4.79 Å². The fourth-order valence-corrected chi connectivity index (χ4v) is 3.63. The van der Waals surface area contributed by atoms with Crippen LogP contribution in [-0.4, -0.2) is 22.5 Å². The minimum Gasteiger partial charge on any atom is -0.303 e. The summed E-state index contributed by atoms with van der Waals surface area (Å²) in [5, 5.41) is 13.5. The van der Waals surface area contributed by atoms with E-state index in [0.717, 1.165) is 17.7 Å². The van der Waals surface area contributed by atoms with E-state index in [0.29, 0.717) is 5.17 Å². The lowest BCUT2D eigenvalue weighted by Crippen LogP contribution is -2.24. The molecule has 1 amide bonds. The second kappa shape index (κ2) is 9.00.